The van der Waals surface area contributed by atoms with Crippen LogP contribution in [-0.2, 0) is 11.2 Å². The predicted molar refractivity (Wildman–Crippen MR) is 141 cm³/mol. The summed E-state index contributed by atoms with van der Waals surface area (Å²) in [6.07, 6.45) is 2.26. The highest BCUT2D eigenvalue weighted by atomic mass is 127. The number of halogens is 1. The van der Waals surface area contributed by atoms with Crippen molar-refractivity contribution in [1.29, 1.82) is 0 Å². The number of guanidine groups is 1. The SMILES string of the molecule is CN=C(NCCCNC(=O)c1cccs1)NCC1CC(=O)N(CCc2ccccc2)C1.I. The number of likely N-dealkylation sites (tertiary alicyclic amines) is 1. The van der Waals surface area contributed by atoms with Gasteiger partial charge < -0.3 is 20.9 Å². The van der Waals surface area contributed by atoms with E-state index in [2.05, 4.69) is 33.1 Å². The fourth-order valence-corrected chi connectivity index (χ4v) is 4.21. The Balaban J connectivity index is 0.00000363. The van der Waals surface area contributed by atoms with Gasteiger partial charge in [0.25, 0.3) is 5.91 Å². The molecule has 3 rings (SSSR count). The number of carbonyl (C=O) groups excluding carboxylic acids is 2. The number of rotatable bonds is 10. The van der Waals surface area contributed by atoms with E-state index in [1.165, 1.54) is 16.9 Å². The number of aliphatic imine (C=N–C) groups is 1. The van der Waals surface area contributed by atoms with Gasteiger partial charge in [-0.1, -0.05) is 36.4 Å². The second kappa shape index (κ2) is 14.1. The third kappa shape index (κ3) is 8.42. The summed E-state index contributed by atoms with van der Waals surface area (Å²) in [7, 11) is 1.74. The van der Waals surface area contributed by atoms with Gasteiger partial charge in [-0.25, -0.2) is 0 Å². The lowest BCUT2D eigenvalue weighted by atomic mass is 10.1. The molecule has 0 bridgehead atoms. The van der Waals surface area contributed by atoms with Crippen LogP contribution >= 0.6 is 35.3 Å². The van der Waals surface area contributed by atoms with E-state index in [0.29, 0.717) is 26.1 Å². The van der Waals surface area contributed by atoms with E-state index in [0.717, 1.165) is 36.8 Å². The highest BCUT2D eigenvalue weighted by Crippen LogP contribution is 2.17. The first-order chi connectivity index (χ1) is 15.2. The monoisotopic (exact) mass is 569 g/mol. The molecule has 0 aliphatic carbocycles. The molecule has 1 aromatic carbocycles. The van der Waals surface area contributed by atoms with Gasteiger partial charge in [-0.3, -0.25) is 14.6 Å². The van der Waals surface area contributed by atoms with Gasteiger partial charge in [-0.05, 0) is 29.9 Å². The summed E-state index contributed by atoms with van der Waals surface area (Å²) in [5.74, 6) is 1.21. The van der Waals surface area contributed by atoms with Crippen LogP contribution in [0.15, 0.2) is 52.8 Å². The van der Waals surface area contributed by atoms with Crippen LogP contribution in [0.5, 0.6) is 0 Å². The second-order valence-corrected chi connectivity index (χ2v) is 8.56. The smallest absolute Gasteiger partial charge is 0.261 e. The molecule has 3 N–H and O–H groups in total. The van der Waals surface area contributed by atoms with E-state index in [-0.39, 0.29) is 41.7 Å². The van der Waals surface area contributed by atoms with Crippen molar-refractivity contribution in [3.63, 3.8) is 0 Å². The Bertz CT molecular complexity index is 861. The maximum atomic E-state index is 12.3. The Labute approximate surface area is 211 Å². The zero-order valence-corrected chi connectivity index (χ0v) is 21.5. The van der Waals surface area contributed by atoms with Gasteiger partial charge in [0.15, 0.2) is 5.96 Å². The van der Waals surface area contributed by atoms with Crippen molar-refractivity contribution in [3.05, 3.63) is 58.3 Å². The largest absolute Gasteiger partial charge is 0.356 e. The van der Waals surface area contributed by atoms with Gasteiger partial charge in [0.05, 0.1) is 4.88 Å². The van der Waals surface area contributed by atoms with Crippen LogP contribution in [0.2, 0.25) is 0 Å². The summed E-state index contributed by atoms with van der Waals surface area (Å²) in [5, 5.41) is 11.4. The van der Waals surface area contributed by atoms with Crippen LogP contribution in [0.1, 0.15) is 28.1 Å². The average Bonchev–Trinajstić information content (AvgIpc) is 3.45. The molecular weight excluding hydrogens is 537 g/mol. The minimum Gasteiger partial charge on any atom is -0.356 e. The molecule has 1 aliphatic rings. The Morgan fingerprint density at radius 2 is 1.91 bits per heavy atom. The van der Waals surface area contributed by atoms with Crippen LogP contribution in [0.4, 0.5) is 0 Å². The number of amides is 2. The first-order valence-corrected chi connectivity index (χ1v) is 11.6. The van der Waals surface area contributed by atoms with E-state index in [9.17, 15) is 9.59 Å². The van der Waals surface area contributed by atoms with E-state index in [1.807, 2.05) is 40.6 Å². The summed E-state index contributed by atoms with van der Waals surface area (Å²) in [5.41, 5.74) is 1.26. The average molecular weight is 570 g/mol. The van der Waals surface area contributed by atoms with Crippen LogP contribution in [0.3, 0.4) is 0 Å². The van der Waals surface area contributed by atoms with Crippen molar-refractivity contribution < 1.29 is 9.59 Å². The molecule has 1 atom stereocenters. The fourth-order valence-electron chi connectivity index (χ4n) is 3.57. The van der Waals surface area contributed by atoms with Gasteiger partial charge >= 0.3 is 0 Å². The van der Waals surface area contributed by atoms with Crippen molar-refractivity contribution >= 4 is 53.1 Å². The van der Waals surface area contributed by atoms with Gasteiger partial charge in [-0.2, -0.15) is 0 Å². The zero-order chi connectivity index (χ0) is 21.9. The quantitative estimate of drug-likeness (QED) is 0.178. The first-order valence-electron chi connectivity index (χ1n) is 10.7. The lowest BCUT2D eigenvalue weighted by Gasteiger charge is -2.18. The van der Waals surface area contributed by atoms with E-state index >= 15 is 0 Å². The van der Waals surface area contributed by atoms with E-state index in [4.69, 9.17) is 0 Å². The molecule has 0 radical (unpaired) electrons. The molecule has 174 valence electrons. The summed E-state index contributed by atoms with van der Waals surface area (Å²) in [6, 6.07) is 14.0. The van der Waals surface area contributed by atoms with Crippen molar-refractivity contribution in [2.24, 2.45) is 10.9 Å². The van der Waals surface area contributed by atoms with Crippen molar-refractivity contribution in [1.82, 2.24) is 20.9 Å². The van der Waals surface area contributed by atoms with Gasteiger partial charge in [0, 0.05) is 52.1 Å². The molecule has 1 aliphatic heterocycles. The van der Waals surface area contributed by atoms with Gasteiger partial charge in [-0.15, -0.1) is 35.3 Å². The lowest BCUT2D eigenvalue weighted by Crippen LogP contribution is -2.41. The van der Waals surface area contributed by atoms with Crippen molar-refractivity contribution in [2.45, 2.75) is 19.3 Å². The Kier molecular flexibility index (Phi) is 11.5. The molecule has 9 heteroatoms. The van der Waals surface area contributed by atoms with Gasteiger partial charge in [0.1, 0.15) is 0 Å². The number of nitrogens with one attached hydrogen (secondary N) is 3. The standard InChI is InChI=1S/C23H31N5O2S.HI/c1-24-23(26-12-6-11-25-22(30)20-9-5-14-31-20)27-16-19-15-21(29)28(17-19)13-10-18-7-3-2-4-8-18;/h2-5,7-9,14,19H,6,10-13,15-17H2,1H3,(H,25,30)(H2,24,26,27);1H. The molecule has 0 spiro atoms. The molecule has 1 saturated heterocycles. The van der Waals surface area contributed by atoms with Crippen molar-refractivity contribution in [3.8, 4) is 0 Å². The third-order valence-electron chi connectivity index (χ3n) is 5.27. The molecule has 1 aromatic heterocycles. The Hall–Kier alpha value is -2.14. The first kappa shape index (κ1) is 26.1. The number of thiophene rings is 1. The molecule has 2 heterocycles. The highest BCUT2D eigenvalue weighted by Gasteiger charge is 2.29. The number of benzene rings is 1. The number of hydrogen-bond donors (Lipinski definition) is 3. The van der Waals surface area contributed by atoms with Crippen LogP contribution < -0.4 is 16.0 Å². The summed E-state index contributed by atoms with van der Waals surface area (Å²) in [4.78, 5) is 31.2. The molecule has 32 heavy (non-hydrogen) atoms. The molecule has 1 unspecified atom stereocenters. The molecule has 7 nitrogen and oxygen atoms in total. The molecular formula is C23H32IN5O2S. The summed E-state index contributed by atoms with van der Waals surface area (Å²) >= 11 is 1.44. The Morgan fingerprint density at radius 1 is 1.12 bits per heavy atom. The van der Waals surface area contributed by atoms with Gasteiger partial charge in [0.2, 0.25) is 5.91 Å². The predicted octanol–water partition coefficient (Wildman–Crippen LogP) is 2.74. The van der Waals surface area contributed by atoms with Crippen LogP contribution in [0, 0.1) is 5.92 Å². The van der Waals surface area contributed by atoms with E-state index in [1.54, 1.807) is 7.05 Å². The molecule has 2 amide bonds. The highest BCUT2D eigenvalue weighted by molar-refractivity contribution is 14.0. The van der Waals surface area contributed by atoms with Crippen LogP contribution in [0.25, 0.3) is 0 Å². The second-order valence-electron chi connectivity index (χ2n) is 7.61. The number of hydrogen-bond acceptors (Lipinski definition) is 4. The molecule has 0 saturated carbocycles. The number of carbonyl (C=O) groups is 2. The third-order valence-corrected chi connectivity index (χ3v) is 6.13. The lowest BCUT2D eigenvalue weighted by molar-refractivity contribution is -0.127. The summed E-state index contributed by atoms with van der Waals surface area (Å²) in [6.45, 7) is 3.57. The normalized spacial score (nSPS) is 15.9. The molecule has 2 aromatic rings. The maximum Gasteiger partial charge on any atom is 0.261 e. The molecule has 1 fully saturated rings. The minimum atomic E-state index is -0.0276. The summed E-state index contributed by atoms with van der Waals surface area (Å²) < 4.78 is 0. The minimum absolute atomic E-state index is 0. The fraction of sp³-hybridized carbons (Fsp3) is 0.435. The van der Waals surface area contributed by atoms with Crippen LogP contribution in [-0.4, -0.2) is 62.4 Å². The number of nitrogens with zero attached hydrogens (tertiary/aromatic N) is 2. The topological polar surface area (TPSA) is 85.8 Å². The van der Waals surface area contributed by atoms with Crippen molar-refractivity contribution in [2.75, 3.05) is 39.8 Å². The zero-order valence-electron chi connectivity index (χ0n) is 18.4. The van der Waals surface area contributed by atoms with E-state index < -0.39 is 0 Å². The Morgan fingerprint density at radius 3 is 2.62 bits per heavy atom. The maximum absolute atomic E-state index is 12.3.